The van der Waals surface area contributed by atoms with Crippen LogP contribution in [0.15, 0.2) is 33.3 Å². The number of piperidine rings is 1. The van der Waals surface area contributed by atoms with Crippen LogP contribution < -0.4 is 0 Å². The van der Waals surface area contributed by atoms with E-state index in [0.29, 0.717) is 75.1 Å². The summed E-state index contributed by atoms with van der Waals surface area (Å²) in [7, 11) is 0. The molecule has 0 saturated carbocycles. The first kappa shape index (κ1) is 20.7. The van der Waals surface area contributed by atoms with E-state index in [1.165, 1.54) is 0 Å². The van der Waals surface area contributed by atoms with Crippen LogP contribution in [0.3, 0.4) is 0 Å². The molecular formula is C22H28N2O6. The number of ether oxygens (including phenoxy) is 2. The van der Waals surface area contributed by atoms with Gasteiger partial charge in [-0.15, -0.1) is 0 Å². The maximum absolute atomic E-state index is 13.1. The van der Waals surface area contributed by atoms with Gasteiger partial charge in [0.25, 0.3) is 5.91 Å². The topological polar surface area (TPSA) is 85.4 Å². The molecule has 8 heteroatoms. The van der Waals surface area contributed by atoms with Crippen LogP contribution in [-0.2, 0) is 20.8 Å². The Hall–Kier alpha value is -2.58. The molecule has 2 aliphatic rings. The van der Waals surface area contributed by atoms with Crippen molar-refractivity contribution in [3.05, 3.63) is 47.3 Å². The summed E-state index contributed by atoms with van der Waals surface area (Å²) in [6.07, 6.45) is 3.19. The third kappa shape index (κ3) is 4.44. The highest BCUT2D eigenvalue weighted by atomic mass is 16.7. The average Bonchev–Trinajstić information content (AvgIpc) is 3.47. The number of carbonyl (C=O) groups is 2. The molecule has 2 amide bonds. The van der Waals surface area contributed by atoms with Crippen LogP contribution in [0.2, 0.25) is 0 Å². The minimum absolute atomic E-state index is 0.0280. The standard InChI is InChI=1S/C22H28N2O6/c1-16-14-19(17(2)30-16)21(26)24(15-18-4-3-11-27-18)8-5-20(25)23-9-6-22(7-10-23)28-12-13-29-22/h3-4,11,14H,5-10,12-13,15H2,1-2H3. The number of aryl methyl sites for hydroxylation is 2. The SMILES string of the molecule is Cc1cc(C(=O)N(CCC(=O)N2CCC3(CC2)OCCO3)Cc2ccco2)c(C)o1. The third-order valence-electron chi connectivity index (χ3n) is 5.77. The lowest BCUT2D eigenvalue weighted by molar-refractivity contribution is -0.187. The van der Waals surface area contributed by atoms with Crippen LogP contribution >= 0.6 is 0 Å². The molecule has 30 heavy (non-hydrogen) atoms. The predicted molar refractivity (Wildman–Crippen MR) is 107 cm³/mol. The molecule has 2 fully saturated rings. The van der Waals surface area contributed by atoms with E-state index in [9.17, 15) is 9.59 Å². The number of carbonyl (C=O) groups excluding carboxylic acids is 2. The molecule has 2 aromatic heterocycles. The van der Waals surface area contributed by atoms with Crippen molar-refractivity contribution in [2.45, 2.75) is 45.4 Å². The molecule has 162 valence electrons. The Labute approximate surface area is 175 Å². The lowest BCUT2D eigenvalue weighted by Gasteiger charge is -2.37. The van der Waals surface area contributed by atoms with E-state index >= 15 is 0 Å². The molecule has 4 heterocycles. The Kier molecular flexibility index (Phi) is 5.97. The monoisotopic (exact) mass is 416 g/mol. The number of nitrogens with zero attached hydrogens (tertiary/aromatic N) is 2. The third-order valence-corrected chi connectivity index (χ3v) is 5.77. The van der Waals surface area contributed by atoms with Crippen molar-refractivity contribution in [2.75, 3.05) is 32.8 Å². The van der Waals surface area contributed by atoms with E-state index in [1.54, 1.807) is 30.2 Å². The van der Waals surface area contributed by atoms with Gasteiger partial charge in [0.1, 0.15) is 17.3 Å². The average molecular weight is 416 g/mol. The van der Waals surface area contributed by atoms with Crippen molar-refractivity contribution >= 4 is 11.8 Å². The van der Waals surface area contributed by atoms with E-state index in [4.69, 9.17) is 18.3 Å². The number of furan rings is 2. The second-order valence-corrected chi connectivity index (χ2v) is 7.87. The van der Waals surface area contributed by atoms with Crippen molar-refractivity contribution in [2.24, 2.45) is 0 Å². The summed E-state index contributed by atoms with van der Waals surface area (Å²) in [4.78, 5) is 29.4. The van der Waals surface area contributed by atoms with Gasteiger partial charge < -0.3 is 28.1 Å². The van der Waals surface area contributed by atoms with E-state index in [1.807, 2.05) is 17.9 Å². The fourth-order valence-electron chi connectivity index (χ4n) is 4.13. The minimum atomic E-state index is -0.505. The number of hydrogen-bond acceptors (Lipinski definition) is 6. The first-order valence-corrected chi connectivity index (χ1v) is 10.4. The van der Waals surface area contributed by atoms with Crippen LogP contribution in [0.25, 0.3) is 0 Å². The van der Waals surface area contributed by atoms with Gasteiger partial charge in [-0.1, -0.05) is 0 Å². The Morgan fingerprint density at radius 1 is 1.17 bits per heavy atom. The second-order valence-electron chi connectivity index (χ2n) is 7.87. The Balaban J connectivity index is 1.38. The molecule has 0 atom stereocenters. The van der Waals surface area contributed by atoms with E-state index < -0.39 is 5.79 Å². The van der Waals surface area contributed by atoms with Crippen molar-refractivity contribution in [3.63, 3.8) is 0 Å². The number of rotatable bonds is 6. The smallest absolute Gasteiger partial charge is 0.257 e. The van der Waals surface area contributed by atoms with Crippen LogP contribution in [0, 0.1) is 13.8 Å². The van der Waals surface area contributed by atoms with Crippen LogP contribution in [0.5, 0.6) is 0 Å². The lowest BCUT2D eigenvalue weighted by Crippen LogP contribution is -2.48. The number of hydrogen-bond donors (Lipinski definition) is 0. The highest BCUT2D eigenvalue weighted by molar-refractivity contribution is 5.95. The zero-order chi connectivity index (χ0) is 21.1. The van der Waals surface area contributed by atoms with Crippen molar-refractivity contribution in [3.8, 4) is 0 Å². The largest absolute Gasteiger partial charge is 0.467 e. The first-order chi connectivity index (χ1) is 14.5. The summed E-state index contributed by atoms with van der Waals surface area (Å²) in [5.41, 5.74) is 0.516. The Morgan fingerprint density at radius 2 is 1.90 bits per heavy atom. The van der Waals surface area contributed by atoms with Crippen molar-refractivity contribution in [1.82, 2.24) is 9.80 Å². The normalized spacial score (nSPS) is 18.1. The van der Waals surface area contributed by atoms with Crippen LogP contribution in [0.4, 0.5) is 0 Å². The summed E-state index contributed by atoms with van der Waals surface area (Å²) in [6, 6.07) is 5.34. The van der Waals surface area contributed by atoms with E-state index in [-0.39, 0.29) is 18.2 Å². The Morgan fingerprint density at radius 3 is 2.50 bits per heavy atom. The molecular weight excluding hydrogens is 388 g/mol. The van der Waals surface area contributed by atoms with Gasteiger partial charge in [0, 0.05) is 38.9 Å². The van der Waals surface area contributed by atoms with E-state index in [2.05, 4.69) is 0 Å². The van der Waals surface area contributed by atoms with Crippen LogP contribution in [-0.4, -0.2) is 60.2 Å². The molecule has 0 radical (unpaired) electrons. The van der Waals surface area contributed by atoms with Crippen molar-refractivity contribution < 1.29 is 27.9 Å². The molecule has 8 nitrogen and oxygen atoms in total. The molecule has 0 unspecified atom stereocenters. The summed E-state index contributed by atoms with van der Waals surface area (Å²) in [6.45, 7) is 6.62. The molecule has 4 rings (SSSR count). The van der Waals surface area contributed by atoms with Gasteiger partial charge in [0.05, 0.1) is 31.6 Å². The molecule has 1 spiro atoms. The molecule has 0 bridgehead atoms. The zero-order valence-electron chi connectivity index (χ0n) is 17.5. The predicted octanol–water partition coefficient (Wildman–Crippen LogP) is 2.89. The number of likely N-dealkylation sites (tertiary alicyclic amines) is 1. The number of amides is 2. The van der Waals surface area contributed by atoms with Gasteiger partial charge in [-0.05, 0) is 32.0 Å². The highest BCUT2D eigenvalue weighted by Gasteiger charge is 2.40. The molecule has 2 aliphatic heterocycles. The Bertz CT molecular complexity index is 872. The molecule has 2 aromatic rings. The zero-order valence-corrected chi connectivity index (χ0v) is 17.5. The fraction of sp³-hybridized carbons (Fsp3) is 0.545. The highest BCUT2D eigenvalue weighted by Crippen LogP contribution is 2.31. The summed E-state index contributed by atoms with van der Waals surface area (Å²) >= 11 is 0. The maximum Gasteiger partial charge on any atom is 0.257 e. The summed E-state index contributed by atoms with van der Waals surface area (Å²) in [5.74, 6) is 1.28. The molecule has 0 aliphatic carbocycles. The molecule has 0 N–H and O–H groups in total. The van der Waals surface area contributed by atoms with Gasteiger partial charge in [-0.25, -0.2) is 0 Å². The van der Waals surface area contributed by atoms with Gasteiger partial charge >= 0.3 is 0 Å². The van der Waals surface area contributed by atoms with Gasteiger partial charge in [0.2, 0.25) is 5.91 Å². The first-order valence-electron chi connectivity index (χ1n) is 10.4. The van der Waals surface area contributed by atoms with Gasteiger partial charge in [0.15, 0.2) is 5.79 Å². The maximum atomic E-state index is 13.1. The fourth-order valence-corrected chi connectivity index (χ4v) is 4.13. The summed E-state index contributed by atoms with van der Waals surface area (Å²) in [5, 5.41) is 0. The quantitative estimate of drug-likeness (QED) is 0.720. The molecule has 2 saturated heterocycles. The molecule has 0 aromatic carbocycles. The summed E-state index contributed by atoms with van der Waals surface area (Å²) < 4.78 is 22.4. The van der Waals surface area contributed by atoms with Gasteiger partial charge in [-0.2, -0.15) is 0 Å². The van der Waals surface area contributed by atoms with Gasteiger partial charge in [-0.3, -0.25) is 9.59 Å². The lowest BCUT2D eigenvalue weighted by atomic mass is 10.0. The van der Waals surface area contributed by atoms with Crippen LogP contribution in [0.1, 0.15) is 46.9 Å². The second kappa shape index (κ2) is 8.65. The van der Waals surface area contributed by atoms with E-state index in [0.717, 1.165) is 0 Å². The minimum Gasteiger partial charge on any atom is -0.467 e. The van der Waals surface area contributed by atoms with Crippen molar-refractivity contribution in [1.29, 1.82) is 0 Å².